The SMILES string of the molecule is CC(C)(C)C1=NC(c2ccnc(N)n2)=C(c2cccc(NC(=O)Nc3ccc(Cl)c(C(F)(F)F)c3)c2F)C1.Cc1cc(NC(=O)Nc2cccc(-c3cn(C(C)(C)C)nc3-c3ccnc(N)n3)c2F)ccc1Cl.Cc1ccc(NC(=O)Nc2cccc(-c3cn(C(C)(C)C)nc3-c3ccnc(N)n3)c2F)cc1.Cc1ccc(NC(=O)Nc2cccc(C3=C(c4ccnc(N)n4)N=C(C(C)(C)C)C3)c2F)cc1. The monoisotopic (exact) mass is 1960 g/mol. The number of rotatable bonds is 16. The Balaban J connectivity index is 0.000000158. The zero-order valence-corrected chi connectivity index (χ0v) is 80.8. The molecular formula is C102H101Cl2F7N26O4. The van der Waals surface area contributed by atoms with E-state index in [-0.39, 0.29) is 90.8 Å². The highest BCUT2D eigenvalue weighted by molar-refractivity contribution is 6.32. The summed E-state index contributed by atoms with van der Waals surface area (Å²) in [5.74, 6) is -2.13. The summed E-state index contributed by atoms with van der Waals surface area (Å²) in [5.41, 5.74) is 34.0. The molecule has 0 unspecified atom stereocenters. The van der Waals surface area contributed by atoms with E-state index >= 15 is 17.6 Å². The van der Waals surface area contributed by atoms with Crippen molar-refractivity contribution in [2.75, 3.05) is 65.5 Å². The molecule has 141 heavy (non-hydrogen) atoms. The van der Waals surface area contributed by atoms with Crippen LogP contribution >= 0.6 is 23.2 Å². The number of allylic oxidation sites excluding steroid dienone is 2. The van der Waals surface area contributed by atoms with Gasteiger partial charge in [0.25, 0.3) is 0 Å². The highest BCUT2D eigenvalue weighted by atomic mass is 35.5. The van der Waals surface area contributed by atoms with Gasteiger partial charge in [-0.25, -0.2) is 76.6 Å². The summed E-state index contributed by atoms with van der Waals surface area (Å²) in [4.78, 5) is 92.4. The zero-order chi connectivity index (χ0) is 102. The van der Waals surface area contributed by atoms with Crippen molar-refractivity contribution in [3.63, 3.8) is 0 Å². The predicted octanol–water partition coefficient (Wildman–Crippen LogP) is 24.7. The van der Waals surface area contributed by atoms with Gasteiger partial charge in [-0.2, -0.15) is 23.4 Å². The second-order valence-corrected chi connectivity index (χ2v) is 37.5. The van der Waals surface area contributed by atoms with Crippen molar-refractivity contribution in [1.82, 2.24) is 59.4 Å². The lowest BCUT2D eigenvalue weighted by molar-refractivity contribution is -0.137. The first-order chi connectivity index (χ1) is 66.5. The van der Waals surface area contributed by atoms with Crippen LogP contribution in [0.4, 0.5) is 119 Å². The molecule has 39 heteroatoms. The fraction of sp³-hybridized carbons (Fsp3) is 0.216. The summed E-state index contributed by atoms with van der Waals surface area (Å²) in [7, 11) is 0. The minimum absolute atomic E-state index is 0.0161. The van der Waals surface area contributed by atoms with Crippen LogP contribution < -0.4 is 65.5 Å². The first-order valence-corrected chi connectivity index (χ1v) is 44.7. The molecule has 0 saturated heterocycles. The van der Waals surface area contributed by atoms with Gasteiger partial charge in [-0.3, -0.25) is 19.3 Å². The molecule has 16 rings (SSSR count). The molecule has 0 fully saturated rings. The van der Waals surface area contributed by atoms with Crippen molar-refractivity contribution in [2.45, 2.75) is 134 Å². The number of carbonyl (C=O) groups excluding carboxylic acids is 4. The third kappa shape index (κ3) is 25.6. The average molecular weight is 1960 g/mol. The number of carbonyl (C=O) groups is 4. The number of amides is 8. The number of benzene rings is 8. The second-order valence-electron chi connectivity index (χ2n) is 36.7. The molecule has 6 aromatic heterocycles. The van der Waals surface area contributed by atoms with E-state index in [1.54, 1.807) is 143 Å². The van der Waals surface area contributed by atoms with Gasteiger partial charge in [-0.05, 0) is 188 Å². The van der Waals surface area contributed by atoms with Gasteiger partial charge in [0, 0.05) is 133 Å². The molecule has 0 spiro atoms. The van der Waals surface area contributed by atoms with Gasteiger partial charge in [0.2, 0.25) is 23.8 Å². The predicted molar refractivity (Wildman–Crippen MR) is 544 cm³/mol. The highest BCUT2D eigenvalue weighted by Crippen LogP contribution is 2.46. The summed E-state index contributed by atoms with van der Waals surface area (Å²) in [6, 6.07) is 45.7. The summed E-state index contributed by atoms with van der Waals surface area (Å²) >= 11 is 11.7. The maximum Gasteiger partial charge on any atom is 0.417 e. The Hall–Kier alpha value is -16.3. The van der Waals surface area contributed by atoms with Crippen LogP contribution in [0.2, 0.25) is 10.0 Å². The van der Waals surface area contributed by atoms with E-state index in [0.29, 0.717) is 114 Å². The van der Waals surface area contributed by atoms with E-state index < -0.39 is 64.2 Å². The second kappa shape index (κ2) is 42.3. The first-order valence-electron chi connectivity index (χ1n) is 43.9. The number of aliphatic imine (C=N–C) groups is 2. The molecule has 2 aliphatic heterocycles. The lowest BCUT2D eigenvalue weighted by Crippen LogP contribution is -2.22. The molecular weight excluding hydrogens is 1860 g/mol. The van der Waals surface area contributed by atoms with Crippen LogP contribution in [0.25, 0.3) is 67.6 Å². The van der Waals surface area contributed by atoms with Crippen molar-refractivity contribution in [1.29, 1.82) is 0 Å². The van der Waals surface area contributed by atoms with E-state index in [4.69, 9.17) is 56.1 Å². The molecule has 8 amide bonds. The number of hydrogen-bond donors (Lipinski definition) is 12. The highest BCUT2D eigenvalue weighted by Gasteiger charge is 2.37. The molecule has 30 nitrogen and oxygen atoms in total. The molecule has 2 aliphatic rings. The van der Waals surface area contributed by atoms with Gasteiger partial charge in [-0.15, -0.1) is 0 Å². The average Bonchev–Trinajstić information content (AvgIpc) is 1.64. The van der Waals surface area contributed by atoms with Crippen LogP contribution in [0.3, 0.4) is 0 Å². The zero-order valence-electron chi connectivity index (χ0n) is 79.3. The molecule has 14 aromatic rings. The molecule has 8 heterocycles. The number of alkyl halides is 3. The van der Waals surface area contributed by atoms with Crippen molar-refractivity contribution in [3.05, 3.63) is 297 Å². The Morgan fingerprint density at radius 3 is 0.972 bits per heavy atom. The number of aryl methyl sites for hydroxylation is 3. The lowest BCUT2D eigenvalue weighted by Gasteiger charge is -2.19. The number of anilines is 12. The van der Waals surface area contributed by atoms with Crippen LogP contribution in [0.15, 0.2) is 229 Å². The Kier molecular flexibility index (Phi) is 30.7. The number of nitrogens with two attached hydrogens (primary N) is 4. The van der Waals surface area contributed by atoms with Crippen molar-refractivity contribution in [3.8, 4) is 45.0 Å². The number of halogens is 9. The number of hydrogen-bond acceptors (Lipinski definition) is 20. The van der Waals surface area contributed by atoms with E-state index in [0.717, 1.165) is 34.2 Å². The van der Waals surface area contributed by atoms with Gasteiger partial charge in [-0.1, -0.05) is 149 Å². The number of urea groups is 4. The Morgan fingerprint density at radius 2 is 0.652 bits per heavy atom. The maximum atomic E-state index is 15.7. The lowest BCUT2D eigenvalue weighted by atomic mass is 9.86. The molecule has 0 atom stereocenters. The smallest absolute Gasteiger partial charge is 0.368 e. The fourth-order valence-corrected chi connectivity index (χ4v) is 14.6. The number of nitrogen functional groups attached to an aromatic ring is 4. The molecule has 0 aliphatic carbocycles. The number of nitrogens with one attached hydrogen (secondary N) is 8. The van der Waals surface area contributed by atoms with Crippen LogP contribution in [0.5, 0.6) is 0 Å². The summed E-state index contributed by atoms with van der Waals surface area (Å²) in [6.07, 6.45) is 5.69. The van der Waals surface area contributed by atoms with Crippen LogP contribution in [0, 0.1) is 54.9 Å². The molecule has 726 valence electrons. The number of aromatic nitrogens is 12. The van der Waals surface area contributed by atoms with Gasteiger partial charge in [0.15, 0.2) is 23.3 Å². The quantitative estimate of drug-likeness (QED) is 0.0400. The van der Waals surface area contributed by atoms with E-state index in [2.05, 4.69) is 113 Å². The van der Waals surface area contributed by atoms with Gasteiger partial charge < -0.3 is 65.5 Å². The van der Waals surface area contributed by atoms with Crippen molar-refractivity contribution >= 4 is 151 Å². The van der Waals surface area contributed by atoms with E-state index in [1.165, 1.54) is 48.9 Å². The van der Waals surface area contributed by atoms with E-state index in [1.807, 2.05) is 107 Å². The van der Waals surface area contributed by atoms with Gasteiger partial charge in [0.05, 0.1) is 78.6 Å². The molecule has 0 radical (unpaired) electrons. The first kappa shape index (κ1) is 102. The fourth-order valence-electron chi connectivity index (χ4n) is 14.3. The van der Waals surface area contributed by atoms with E-state index in [9.17, 15) is 32.3 Å². The molecule has 0 saturated carbocycles. The third-order valence-corrected chi connectivity index (χ3v) is 22.5. The Bertz CT molecular complexity index is 7240. The maximum absolute atomic E-state index is 15.7. The Labute approximate surface area is 817 Å². The molecule has 8 aromatic carbocycles. The van der Waals surface area contributed by atoms with Crippen molar-refractivity contribution < 1.29 is 49.9 Å². The van der Waals surface area contributed by atoms with Gasteiger partial charge >= 0.3 is 30.3 Å². The third-order valence-electron chi connectivity index (χ3n) is 21.7. The van der Waals surface area contributed by atoms with Gasteiger partial charge in [0.1, 0.15) is 11.4 Å². The summed E-state index contributed by atoms with van der Waals surface area (Å²) in [5, 5.41) is 29.9. The van der Waals surface area contributed by atoms with Crippen LogP contribution in [-0.4, -0.2) is 95.0 Å². The van der Waals surface area contributed by atoms with Crippen molar-refractivity contribution in [2.24, 2.45) is 20.8 Å². The number of nitrogens with zero attached hydrogens (tertiary/aromatic N) is 14. The standard InChI is InChI=1S/C26H23ClF4N6O.C26H27FN6O.C25H25ClFN7O.C25H26FN7O/c1-25(2,3)20-12-15(22(37-20)19-9-10-33-23(32)35-19)14-5-4-6-18(21(14)28)36-24(38)34-13-7-8-17(27)16(11-13)26(29,30)31;1-15-8-10-16(11-9-15)30-25(34)32-19-7-5-6-17(22(19)27)18-14-21(26(2,3)4)33-23(18)20-12-13-29-24(28)31-20;1-14-12-15(8-9-18(14)26)30-24(35)32-19-7-5-6-16(21(19)27)17-13-34(25(2,3)4)33-22(17)20-10-11-29-23(28)31-20;1-15-8-10-16(11-9-15)29-24(34)31-19-7-5-6-17(21(19)26)18-14-33(25(2,3)4)32-22(18)20-12-13-28-23(27)30-20/h4-11H,12H2,1-3H3,(H2,32,33,35)(H2,34,36,38);5-13H,14H2,1-4H3,(H2,28,29,31)(H2,30,32,34);5-13H,1-4H3,(H2,28,29,31)(H2,30,32,35);5-14H,1-4H3,(H2,27,28,30)(H2,29,31,34). The minimum atomic E-state index is -4.71. The van der Waals surface area contributed by atoms with Crippen LogP contribution in [-0.2, 0) is 17.3 Å². The summed E-state index contributed by atoms with van der Waals surface area (Å²) < 4.78 is 106. The minimum Gasteiger partial charge on any atom is -0.368 e. The van der Waals surface area contributed by atoms with Crippen LogP contribution in [0.1, 0.15) is 141 Å². The molecule has 0 bridgehead atoms. The topological polar surface area (TPSA) is 432 Å². The normalized spacial score (nSPS) is 12.6. The Morgan fingerprint density at radius 1 is 0.355 bits per heavy atom. The summed E-state index contributed by atoms with van der Waals surface area (Å²) in [6.45, 7) is 29.8. The largest absolute Gasteiger partial charge is 0.417 e. The molecule has 16 N–H and O–H groups in total.